The molecule has 0 spiro atoms. The fraction of sp³-hybridized carbons (Fsp3) is 0.375. The van der Waals surface area contributed by atoms with Crippen molar-refractivity contribution >= 4 is 17.5 Å². The first-order valence-electron chi connectivity index (χ1n) is 7.34. The van der Waals surface area contributed by atoms with Crippen LogP contribution >= 0.6 is 0 Å². The summed E-state index contributed by atoms with van der Waals surface area (Å²) in [6.45, 7) is 5.03. The largest absolute Gasteiger partial charge is 0.495 e. The van der Waals surface area contributed by atoms with Crippen molar-refractivity contribution < 1.29 is 9.47 Å². The van der Waals surface area contributed by atoms with E-state index in [2.05, 4.69) is 20.2 Å². The van der Waals surface area contributed by atoms with Gasteiger partial charge in [0.15, 0.2) is 0 Å². The highest BCUT2D eigenvalue weighted by Crippen LogP contribution is 2.27. The third-order valence-corrected chi connectivity index (χ3v) is 3.51. The van der Waals surface area contributed by atoms with Gasteiger partial charge in [-0.05, 0) is 19.1 Å². The molecular weight excluding hydrogens is 280 g/mol. The van der Waals surface area contributed by atoms with E-state index >= 15 is 0 Å². The number of nitrogens with one attached hydrogen (secondary N) is 1. The van der Waals surface area contributed by atoms with Crippen LogP contribution in [-0.2, 0) is 4.74 Å². The number of aryl methyl sites for hydroxylation is 1. The number of methoxy groups -OCH3 is 1. The van der Waals surface area contributed by atoms with Crippen LogP contribution in [0, 0.1) is 6.92 Å². The Bertz CT molecular complexity index is 642. The summed E-state index contributed by atoms with van der Waals surface area (Å²) >= 11 is 0. The Morgan fingerprint density at radius 3 is 2.73 bits per heavy atom. The summed E-state index contributed by atoms with van der Waals surface area (Å²) in [5.41, 5.74) is 1.81. The van der Waals surface area contributed by atoms with Gasteiger partial charge in [0, 0.05) is 24.8 Å². The molecule has 1 aromatic heterocycles. The Kier molecular flexibility index (Phi) is 4.39. The highest BCUT2D eigenvalue weighted by molar-refractivity contribution is 5.64. The predicted octanol–water partition coefficient (Wildman–Crippen LogP) is 2.37. The Morgan fingerprint density at radius 1 is 1.18 bits per heavy atom. The third kappa shape index (κ3) is 3.28. The summed E-state index contributed by atoms with van der Waals surface area (Å²) in [6, 6.07) is 9.70. The first kappa shape index (κ1) is 14.6. The maximum absolute atomic E-state index is 5.38. The Balaban J connectivity index is 1.85. The Labute approximate surface area is 130 Å². The molecule has 2 heterocycles. The van der Waals surface area contributed by atoms with E-state index in [1.807, 2.05) is 37.3 Å². The van der Waals surface area contributed by atoms with Gasteiger partial charge >= 0.3 is 0 Å². The fourth-order valence-electron chi connectivity index (χ4n) is 2.41. The number of aromatic nitrogens is 2. The number of benzene rings is 1. The normalized spacial score (nSPS) is 14.7. The smallest absolute Gasteiger partial charge is 0.227 e. The minimum absolute atomic E-state index is 0.715. The van der Waals surface area contributed by atoms with Crippen molar-refractivity contribution in [3.63, 3.8) is 0 Å². The molecule has 0 amide bonds. The number of nitrogens with zero attached hydrogens (tertiary/aromatic N) is 3. The fourth-order valence-corrected chi connectivity index (χ4v) is 2.41. The number of hydrogen-bond donors (Lipinski definition) is 1. The molecule has 0 atom stereocenters. The van der Waals surface area contributed by atoms with Gasteiger partial charge in [0.25, 0.3) is 0 Å². The molecule has 0 unspecified atom stereocenters. The maximum Gasteiger partial charge on any atom is 0.227 e. The standard InChI is InChI=1S/C16H20N4O2/c1-12-11-15(18-13-5-3-4-6-14(13)21-2)19-16(17-12)20-7-9-22-10-8-20/h3-6,11H,7-10H2,1-2H3,(H,17,18,19). The van der Waals surface area contributed by atoms with Crippen molar-refractivity contribution in [1.82, 2.24) is 9.97 Å². The van der Waals surface area contributed by atoms with Crippen LogP contribution in [-0.4, -0.2) is 43.4 Å². The van der Waals surface area contributed by atoms with Gasteiger partial charge in [0.1, 0.15) is 11.6 Å². The number of ether oxygens (including phenoxy) is 2. The minimum atomic E-state index is 0.715. The Morgan fingerprint density at radius 2 is 1.95 bits per heavy atom. The molecule has 0 saturated carbocycles. The first-order valence-corrected chi connectivity index (χ1v) is 7.34. The second kappa shape index (κ2) is 6.62. The van der Waals surface area contributed by atoms with Crippen LogP contribution in [0.4, 0.5) is 17.5 Å². The first-order chi connectivity index (χ1) is 10.8. The molecule has 3 rings (SSSR count). The second-order valence-corrected chi connectivity index (χ2v) is 5.12. The number of para-hydroxylation sites is 2. The number of morpholine rings is 1. The molecule has 1 aliphatic heterocycles. The maximum atomic E-state index is 5.38. The SMILES string of the molecule is COc1ccccc1Nc1cc(C)nc(N2CCOCC2)n1. The highest BCUT2D eigenvalue weighted by atomic mass is 16.5. The lowest BCUT2D eigenvalue weighted by Gasteiger charge is -2.27. The van der Waals surface area contributed by atoms with Crippen molar-refractivity contribution in [2.75, 3.05) is 43.6 Å². The summed E-state index contributed by atoms with van der Waals surface area (Å²) < 4.78 is 10.7. The number of rotatable bonds is 4. The van der Waals surface area contributed by atoms with Gasteiger partial charge in [-0.2, -0.15) is 4.98 Å². The molecular formula is C16H20N4O2. The third-order valence-electron chi connectivity index (χ3n) is 3.51. The topological polar surface area (TPSA) is 59.5 Å². The van der Waals surface area contributed by atoms with E-state index in [4.69, 9.17) is 9.47 Å². The van der Waals surface area contributed by atoms with E-state index in [-0.39, 0.29) is 0 Å². The molecule has 116 valence electrons. The molecule has 1 aromatic carbocycles. The van der Waals surface area contributed by atoms with E-state index in [9.17, 15) is 0 Å². The summed E-state index contributed by atoms with van der Waals surface area (Å²) in [5, 5.41) is 3.31. The second-order valence-electron chi connectivity index (χ2n) is 5.12. The molecule has 0 aliphatic carbocycles. The lowest BCUT2D eigenvalue weighted by atomic mass is 10.3. The van der Waals surface area contributed by atoms with Gasteiger partial charge in [-0.15, -0.1) is 0 Å². The molecule has 22 heavy (non-hydrogen) atoms. The van der Waals surface area contributed by atoms with Gasteiger partial charge in [-0.1, -0.05) is 12.1 Å². The van der Waals surface area contributed by atoms with Crippen molar-refractivity contribution in [3.05, 3.63) is 36.0 Å². The van der Waals surface area contributed by atoms with Crippen LogP contribution in [0.5, 0.6) is 5.75 Å². The molecule has 0 bridgehead atoms. The predicted molar refractivity (Wildman–Crippen MR) is 86.1 cm³/mol. The van der Waals surface area contributed by atoms with Gasteiger partial charge in [0.2, 0.25) is 5.95 Å². The molecule has 6 heteroatoms. The molecule has 0 radical (unpaired) electrons. The average molecular weight is 300 g/mol. The van der Waals surface area contributed by atoms with Gasteiger partial charge in [-0.3, -0.25) is 0 Å². The zero-order chi connectivity index (χ0) is 15.4. The molecule has 2 aromatic rings. The highest BCUT2D eigenvalue weighted by Gasteiger charge is 2.15. The summed E-state index contributed by atoms with van der Waals surface area (Å²) in [5.74, 6) is 2.28. The van der Waals surface area contributed by atoms with Crippen molar-refractivity contribution in [2.24, 2.45) is 0 Å². The lowest BCUT2D eigenvalue weighted by Crippen LogP contribution is -2.37. The van der Waals surface area contributed by atoms with Crippen LogP contribution in [0.2, 0.25) is 0 Å². The lowest BCUT2D eigenvalue weighted by molar-refractivity contribution is 0.122. The zero-order valence-corrected chi connectivity index (χ0v) is 12.9. The number of anilines is 3. The quantitative estimate of drug-likeness (QED) is 0.935. The minimum Gasteiger partial charge on any atom is -0.495 e. The number of hydrogen-bond acceptors (Lipinski definition) is 6. The van der Waals surface area contributed by atoms with Crippen LogP contribution in [0.15, 0.2) is 30.3 Å². The van der Waals surface area contributed by atoms with Crippen LogP contribution in [0.3, 0.4) is 0 Å². The van der Waals surface area contributed by atoms with E-state index in [1.165, 1.54) is 0 Å². The molecule has 6 nitrogen and oxygen atoms in total. The van der Waals surface area contributed by atoms with E-state index < -0.39 is 0 Å². The molecule has 1 aliphatic rings. The van der Waals surface area contributed by atoms with E-state index in [0.29, 0.717) is 13.2 Å². The van der Waals surface area contributed by atoms with Crippen LogP contribution in [0.25, 0.3) is 0 Å². The summed E-state index contributed by atoms with van der Waals surface area (Å²) in [6.07, 6.45) is 0. The van der Waals surface area contributed by atoms with Crippen LogP contribution in [0.1, 0.15) is 5.69 Å². The van der Waals surface area contributed by atoms with Crippen LogP contribution < -0.4 is 15.0 Å². The van der Waals surface area contributed by atoms with Gasteiger partial charge < -0.3 is 19.7 Å². The van der Waals surface area contributed by atoms with Crippen molar-refractivity contribution in [2.45, 2.75) is 6.92 Å². The molecule has 1 N–H and O–H groups in total. The Hall–Kier alpha value is -2.34. The summed E-state index contributed by atoms with van der Waals surface area (Å²) in [7, 11) is 1.66. The van der Waals surface area contributed by atoms with E-state index in [0.717, 1.165) is 42.0 Å². The van der Waals surface area contributed by atoms with Gasteiger partial charge in [-0.25, -0.2) is 4.98 Å². The summed E-state index contributed by atoms with van der Waals surface area (Å²) in [4.78, 5) is 11.3. The van der Waals surface area contributed by atoms with Crippen molar-refractivity contribution in [3.8, 4) is 5.75 Å². The zero-order valence-electron chi connectivity index (χ0n) is 12.9. The monoisotopic (exact) mass is 300 g/mol. The van der Waals surface area contributed by atoms with E-state index in [1.54, 1.807) is 7.11 Å². The van der Waals surface area contributed by atoms with Crippen molar-refractivity contribution in [1.29, 1.82) is 0 Å². The molecule has 1 saturated heterocycles. The van der Waals surface area contributed by atoms with Gasteiger partial charge in [0.05, 0.1) is 26.0 Å². The average Bonchev–Trinajstić information content (AvgIpc) is 2.56. The molecule has 1 fully saturated rings.